The van der Waals surface area contributed by atoms with E-state index in [0.717, 1.165) is 57.1 Å². The number of unbranched alkanes of at least 4 members (excludes halogenated alkanes) is 4. The van der Waals surface area contributed by atoms with Gasteiger partial charge in [-0.3, -0.25) is 14.4 Å². The van der Waals surface area contributed by atoms with E-state index in [4.69, 9.17) is 15.3 Å². The maximum Gasteiger partial charge on any atom is 1.00 e. The molecule has 11 heteroatoms. The molecule has 2 aliphatic rings. The van der Waals surface area contributed by atoms with E-state index in [2.05, 4.69) is 16.1 Å². The second-order valence-electron chi connectivity index (χ2n) is 10.9. The van der Waals surface area contributed by atoms with Crippen LogP contribution in [0.15, 0.2) is 66.7 Å². The maximum atomic E-state index is 13.4. The van der Waals surface area contributed by atoms with E-state index in [0.29, 0.717) is 47.1 Å². The number of benzene rings is 3. The Morgan fingerprint density at radius 3 is 2.23 bits per heavy atom. The average Bonchev–Trinajstić information content (AvgIpc) is 3.97. The van der Waals surface area contributed by atoms with Crippen LogP contribution in [0.5, 0.6) is 11.5 Å². The van der Waals surface area contributed by atoms with Gasteiger partial charge in [-0.05, 0) is 80.3 Å². The van der Waals surface area contributed by atoms with Crippen molar-refractivity contribution >= 4 is 29.1 Å². The number of nitrogens with one attached hydrogen (secondary N) is 2. The van der Waals surface area contributed by atoms with Crippen LogP contribution in [0.3, 0.4) is 0 Å². The van der Waals surface area contributed by atoms with Gasteiger partial charge in [-0.15, -0.1) is 5.69 Å². The number of nitrogens with two attached hydrogens (primary N) is 1. The first-order valence-electron chi connectivity index (χ1n) is 16.9. The van der Waals surface area contributed by atoms with Crippen LogP contribution in [0, 0.1) is 0 Å². The first kappa shape index (κ1) is 41.2. The minimum atomic E-state index is -0.208. The topological polar surface area (TPSA) is 137 Å². The molecular formula is C37H50KN5O5. The van der Waals surface area contributed by atoms with Gasteiger partial charge >= 0.3 is 51.4 Å². The molecule has 3 aromatic rings. The molecule has 0 bridgehead atoms. The van der Waals surface area contributed by atoms with Crippen molar-refractivity contribution in [3.63, 3.8) is 0 Å². The molecule has 0 saturated heterocycles. The monoisotopic (exact) mass is 683 g/mol. The third-order valence-corrected chi connectivity index (χ3v) is 7.44. The van der Waals surface area contributed by atoms with Crippen molar-refractivity contribution in [1.29, 1.82) is 0 Å². The fourth-order valence-electron chi connectivity index (χ4n) is 4.86. The van der Waals surface area contributed by atoms with E-state index in [1.165, 1.54) is 0 Å². The molecule has 3 aromatic carbocycles. The minimum Gasteiger partial charge on any atom is -0.557 e. The van der Waals surface area contributed by atoms with Crippen LogP contribution >= 0.6 is 0 Å². The molecule has 5 rings (SSSR count). The summed E-state index contributed by atoms with van der Waals surface area (Å²) in [7, 11) is 0. The van der Waals surface area contributed by atoms with Gasteiger partial charge in [-0.25, -0.2) is 0 Å². The molecule has 48 heavy (non-hydrogen) atoms. The SMILES string of the molecule is CC.CC.NCCCCCCCNC(=O)c1ccc(O[N-]c2ccc(CN(C(=O)c3ccc4c(c3)OCC(=O)N4)C3CC3)cc2)cc1.[K+]. The smallest absolute Gasteiger partial charge is 0.557 e. The maximum absolute atomic E-state index is 13.4. The standard InChI is InChI=1S/C33H38N5O5.2C2H6.K/c34-18-4-2-1-3-5-19-35-32(40)24-8-15-28(16-9-24)43-37-26-11-6-23(7-12-26)21-38(27-13-14-27)33(41)25-10-17-29-30(20-25)42-22-31(39)36-29;2*1-2;/h6-12,15-17,20,27H,1-5,13-14,18-19,21-22,34H2,(H,35,40)(H,36,39,41);2*1-2H3;/q-1;;;+1. The quantitative estimate of drug-likeness (QED) is 0.123. The number of nitrogens with zero attached hydrogens (tertiary/aromatic N) is 2. The van der Waals surface area contributed by atoms with Crippen molar-refractivity contribution in [3.8, 4) is 11.5 Å². The van der Waals surface area contributed by atoms with Gasteiger partial charge in [0.2, 0.25) is 0 Å². The zero-order chi connectivity index (χ0) is 34.0. The normalized spacial score (nSPS) is 12.6. The summed E-state index contributed by atoms with van der Waals surface area (Å²) in [6.45, 7) is 9.80. The number of amides is 3. The van der Waals surface area contributed by atoms with Crippen molar-refractivity contribution in [2.24, 2.45) is 5.73 Å². The number of ether oxygens (including phenoxy) is 1. The average molecular weight is 684 g/mol. The fourth-order valence-corrected chi connectivity index (χ4v) is 4.86. The fraction of sp³-hybridized carbons (Fsp3) is 0.432. The molecule has 0 spiro atoms. The number of carbonyl (C=O) groups is 3. The van der Waals surface area contributed by atoms with Gasteiger partial charge in [-0.2, -0.15) is 0 Å². The van der Waals surface area contributed by atoms with Gasteiger partial charge in [0.05, 0.1) is 5.69 Å². The van der Waals surface area contributed by atoms with Gasteiger partial charge in [0.25, 0.3) is 17.7 Å². The Balaban J connectivity index is 0.00000154. The van der Waals surface area contributed by atoms with Gasteiger partial charge in [-0.1, -0.05) is 71.2 Å². The third kappa shape index (κ3) is 13.2. The van der Waals surface area contributed by atoms with Crippen LogP contribution in [0.1, 0.15) is 98.9 Å². The predicted molar refractivity (Wildman–Crippen MR) is 187 cm³/mol. The molecule has 254 valence electrons. The van der Waals surface area contributed by atoms with Crippen LogP contribution < -0.4 is 77.3 Å². The Kier molecular flexibility index (Phi) is 19.5. The Morgan fingerprint density at radius 2 is 1.56 bits per heavy atom. The number of hydrogen-bond acceptors (Lipinski definition) is 6. The van der Waals surface area contributed by atoms with Crippen molar-refractivity contribution < 1.29 is 75.3 Å². The molecule has 3 amide bonds. The molecular weight excluding hydrogens is 634 g/mol. The Morgan fingerprint density at radius 1 is 0.917 bits per heavy atom. The molecule has 10 nitrogen and oxygen atoms in total. The van der Waals surface area contributed by atoms with Crippen LogP contribution in [0.2, 0.25) is 0 Å². The summed E-state index contributed by atoms with van der Waals surface area (Å²) in [5.41, 5.74) is 13.0. The summed E-state index contributed by atoms with van der Waals surface area (Å²) in [5, 5.41) is 5.71. The second-order valence-corrected chi connectivity index (χ2v) is 10.9. The van der Waals surface area contributed by atoms with Crippen LogP contribution in [0.4, 0.5) is 11.4 Å². The molecule has 4 N–H and O–H groups in total. The van der Waals surface area contributed by atoms with Crippen molar-refractivity contribution in [2.45, 2.75) is 85.2 Å². The summed E-state index contributed by atoms with van der Waals surface area (Å²) >= 11 is 0. The van der Waals surface area contributed by atoms with Gasteiger partial charge in [0.15, 0.2) is 6.61 Å². The number of carbonyl (C=O) groups excluding carboxylic acids is 3. The van der Waals surface area contributed by atoms with Crippen LogP contribution in [0.25, 0.3) is 5.48 Å². The molecule has 1 aliphatic heterocycles. The third-order valence-electron chi connectivity index (χ3n) is 7.44. The Bertz CT molecular complexity index is 1410. The molecule has 1 saturated carbocycles. The van der Waals surface area contributed by atoms with Gasteiger partial charge in [0.1, 0.15) is 11.5 Å². The summed E-state index contributed by atoms with van der Waals surface area (Å²) < 4.78 is 5.49. The summed E-state index contributed by atoms with van der Waals surface area (Å²) in [5.74, 6) is 0.650. The number of rotatable bonds is 15. The summed E-state index contributed by atoms with van der Waals surface area (Å²) in [6, 6.07) is 19.8. The van der Waals surface area contributed by atoms with Crippen molar-refractivity contribution in [1.82, 2.24) is 10.2 Å². The summed E-state index contributed by atoms with van der Waals surface area (Å²) in [4.78, 5) is 44.8. The van der Waals surface area contributed by atoms with Crippen LogP contribution in [-0.2, 0) is 11.3 Å². The molecule has 1 heterocycles. The minimum absolute atomic E-state index is 0. The van der Waals surface area contributed by atoms with E-state index < -0.39 is 0 Å². The van der Waals surface area contributed by atoms with E-state index in [9.17, 15) is 14.4 Å². The molecule has 0 unspecified atom stereocenters. The largest absolute Gasteiger partial charge is 1.00 e. The second kappa shape index (κ2) is 22.7. The van der Waals surface area contributed by atoms with Gasteiger partial charge < -0.3 is 36.3 Å². The van der Waals surface area contributed by atoms with E-state index in [-0.39, 0.29) is 81.8 Å². The van der Waals surface area contributed by atoms with Crippen molar-refractivity contribution in [3.05, 3.63) is 88.9 Å². The van der Waals surface area contributed by atoms with Crippen LogP contribution in [-0.4, -0.2) is 48.4 Å². The molecule has 1 aliphatic carbocycles. The molecule has 0 radical (unpaired) electrons. The zero-order valence-electron chi connectivity index (χ0n) is 29.2. The molecule has 0 aromatic heterocycles. The first-order chi connectivity index (χ1) is 23.0. The zero-order valence-corrected chi connectivity index (χ0v) is 32.3. The Hall–Kier alpha value is -2.93. The van der Waals surface area contributed by atoms with E-state index in [1.54, 1.807) is 42.5 Å². The predicted octanol–water partition coefficient (Wildman–Crippen LogP) is 4.52. The van der Waals surface area contributed by atoms with E-state index >= 15 is 0 Å². The van der Waals surface area contributed by atoms with Crippen molar-refractivity contribution in [2.75, 3.05) is 25.0 Å². The number of fused-ring (bicyclic) bond motifs is 1. The summed E-state index contributed by atoms with van der Waals surface area (Å²) in [6.07, 6.45) is 7.31. The molecule has 1 fully saturated rings. The number of anilines is 1. The van der Waals surface area contributed by atoms with E-state index in [1.807, 2.05) is 56.9 Å². The molecule has 0 atom stereocenters. The van der Waals surface area contributed by atoms with Gasteiger partial charge in [0, 0.05) is 30.3 Å². The Labute approximate surface area is 328 Å². The number of hydrogen-bond donors (Lipinski definition) is 3. The first-order valence-corrected chi connectivity index (χ1v) is 16.9.